The Balaban J connectivity index is 3.52. The van der Waals surface area contributed by atoms with E-state index in [9.17, 15) is 19.3 Å². The lowest BCUT2D eigenvalue weighted by atomic mass is 9.86. The SMILES string of the molecule is COC(=O)Oc1c([N+](=O)[O-])cc(F)cc1C(C)(C)C. The van der Waals surface area contributed by atoms with Crippen molar-refractivity contribution >= 4 is 11.8 Å². The van der Waals surface area contributed by atoms with Crippen molar-refractivity contribution in [2.24, 2.45) is 0 Å². The maximum absolute atomic E-state index is 13.4. The molecule has 0 fully saturated rings. The highest BCUT2D eigenvalue weighted by atomic mass is 19.1. The normalized spacial score (nSPS) is 11.0. The maximum atomic E-state index is 13.4. The molecule has 0 aromatic heterocycles. The second-order valence-corrected chi connectivity index (χ2v) is 4.86. The summed E-state index contributed by atoms with van der Waals surface area (Å²) in [6.07, 6.45) is -1.10. The molecule has 0 heterocycles. The first-order valence-electron chi connectivity index (χ1n) is 5.41. The Bertz CT molecular complexity index is 522. The van der Waals surface area contributed by atoms with Crippen molar-refractivity contribution in [1.29, 1.82) is 0 Å². The van der Waals surface area contributed by atoms with Gasteiger partial charge in [-0.3, -0.25) is 10.1 Å². The number of carbonyl (C=O) groups is 1. The van der Waals surface area contributed by atoms with Crippen molar-refractivity contribution in [3.05, 3.63) is 33.6 Å². The topological polar surface area (TPSA) is 78.7 Å². The zero-order valence-corrected chi connectivity index (χ0v) is 11.0. The average Bonchev–Trinajstić information content (AvgIpc) is 2.28. The second-order valence-electron chi connectivity index (χ2n) is 4.86. The smallest absolute Gasteiger partial charge is 0.437 e. The van der Waals surface area contributed by atoms with Crippen LogP contribution in [-0.2, 0) is 10.2 Å². The molecule has 1 aromatic carbocycles. The van der Waals surface area contributed by atoms with Gasteiger partial charge in [0.2, 0.25) is 5.75 Å². The first-order valence-corrected chi connectivity index (χ1v) is 5.41. The molecule has 0 spiro atoms. The Labute approximate surface area is 109 Å². The predicted molar refractivity (Wildman–Crippen MR) is 64.8 cm³/mol. The van der Waals surface area contributed by atoms with Crippen molar-refractivity contribution in [1.82, 2.24) is 0 Å². The van der Waals surface area contributed by atoms with Gasteiger partial charge in [0.15, 0.2) is 0 Å². The minimum atomic E-state index is -1.10. The second kappa shape index (κ2) is 5.21. The molecule has 0 saturated heterocycles. The Morgan fingerprint density at radius 2 is 1.95 bits per heavy atom. The molecule has 0 N–H and O–H groups in total. The van der Waals surface area contributed by atoms with E-state index in [0.717, 1.165) is 13.2 Å². The number of ether oxygens (including phenoxy) is 2. The highest BCUT2D eigenvalue weighted by Gasteiger charge is 2.30. The van der Waals surface area contributed by atoms with Crippen LogP contribution in [0, 0.1) is 15.9 Å². The number of hydrogen-bond donors (Lipinski definition) is 0. The lowest BCUT2D eigenvalue weighted by Crippen LogP contribution is -2.18. The molecule has 0 saturated carbocycles. The molecule has 1 aromatic rings. The number of carbonyl (C=O) groups excluding carboxylic acids is 1. The predicted octanol–water partition coefficient (Wildman–Crippen LogP) is 3.18. The van der Waals surface area contributed by atoms with Crippen LogP contribution in [0.2, 0.25) is 0 Å². The lowest BCUT2D eigenvalue weighted by molar-refractivity contribution is -0.385. The fourth-order valence-electron chi connectivity index (χ4n) is 1.50. The third-order valence-corrected chi connectivity index (χ3v) is 2.39. The summed E-state index contributed by atoms with van der Waals surface area (Å²) in [4.78, 5) is 21.3. The summed E-state index contributed by atoms with van der Waals surface area (Å²) in [5.74, 6) is -1.07. The average molecular weight is 271 g/mol. The van der Waals surface area contributed by atoms with Crippen molar-refractivity contribution in [2.75, 3.05) is 7.11 Å². The molecule has 0 atom stereocenters. The van der Waals surface area contributed by atoms with Gasteiger partial charge in [0.25, 0.3) is 0 Å². The molecule has 104 valence electrons. The molecule has 0 bridgehead atoms. The Morgan fingerprint density at radius 3 is 2.37 bits per heavy atom. The van der Waals surface area contributed by atoms with E-state index in [-0.39, 0.29) is 11.3 Å². The minimum absolute atomic E-state index is 0.213. The molecule has 1 rings (SSSR count). The Morgan fingerprint density at radius 1 is 1.37 bits per heavy atom. The van der Waals surface area contributed by atoms with E-state index < -0.39 is 28.0 Å². The quantitative estimate of drug-likeness (QED) is 0.357. The van der Waals surface area contributed by atoms with Crippen LogP contribution in [0.25, 0.3) is 0 Å². The minimum Gasteiger partial charge on any atom is -0.437 e. The summed E-state index contributed by atoms with van der Waals surface area (Å²) >= 11 is 0. The number of methoxy groups -OCH3 is 1. The Hall–Kier alpha value is -2.18. The number of hydrogen-bond acceptors (Lipinski definition) is 5. The van der Waals surface area contributed by atoms with Crippen LogP contribution < -0.4 is 4.74 Å². The van der Waals surface area contributed by atoms with Crippen LogP contribution in [0.3, 0.4) is 0 Å². The summed E-state index contributed by atoms with van der Waals surface area (Å²) in [6.45, 7) is 5.15. The molecule has 19 heavy (non-hydrogen) atoms. The highest BCUT2D eigenvalue weighted by Crippen LogP contribution is 2.39. The highest BCUT2D eigenvalue weighted by molar-refractivity contribution is 5.68. The van der Waals surface area contributed by atoms with E-state index in [1.165, 1.54) is 0 Å². The molecule has 7 heteroatoms. The van der Waals surface area contributed by atoms with Crippen LogP contribution >= 0.6 is 0 Å². The van der Waals surface area contributed by atoms with E-state index in [1.807, 2.05) is 0 Å². The van der Waals surface area contributed by atoms with Gasteiger partial charge in [-0.1, -0.05) is 20.8 Å². The molecule has 0 amide bonds. The van der Waals surface area contributed by atoms with Gasteiger partial charge in [0, 0.05) is 5.56 Å². The molecule has 0 aliphatic carbocycles. The maximum Gasteiger partial charge on any atom is 0.513 e. The zero-order valence-electron chi connectivity index (χ0n) is 11.0. The summed E-state index contributed by atoms with van der Waals surface area (Å²) in [5.41, 5.74) is -1.05. The van der Waals surface area contributed by atoms with Crippen molar-refractivity contribution in [2.45, 2.75) is 26.2 Å². The molecule has 6 nitrogen and oxygen atoms in total. The van der Waals surface area contributed by atoms with E-state index >= 15 is 0 Å². The molecular weight excluding hydrogens is 257 g/mol. The first-order chi connectivity index (χ1) is 8.66. The number of benzene rings is 1. The van der Waals surface area contributed by atoms with Gasteiger partial charge in [0.05, 0.1) is 18.1 Å². The van der Waals surface area contributed by atoms with Gasteiger partial charge in [0.1, 0.15) is 5.82 Å². The van der Waals surface area contributed by atoms with Crippen LogP contribution in [0.15, 0.2) is 12.1 Å². The van der Waals surface area contributed by atoms with Crippen molar-refractivity contribution in [3.8, 4) is 5.75 Å². The van der Waals surface area contributed by atoms with E-state index in [1.54, 1.807) is 20.8 Å². The van der Waals surface area contributed by atoms with Crippen molar-refractivity contribution < 1.29 is 23.6 Å². The molecular formula is C12H14FNO5. The Kier molecular flexibility index (Phi) is 4.08. The van der Waals surface area contributed by atoms with Gasteiger partial charge in [-0.05, 0) is 11.5 Å². The van der Waals surface area contributed by atoms with E-state index in [4.69, 9.17) is 4.74 Å². The molecule has 0 unspecified atom stereocenters. The zero-order chi connectivity index (χ0) is 14.8. The fourth-order valence-corrected chi connectivity index (χ4v) is 1.50. The first kappa shape index (κ1) is 14.9. The number of nitro groups is 1. The third-order valence-electron chi connectivity index (χ3n) is 2.39. The standard InChI is InChI=1S/C12H14FNO5/c1-12(2,3)8-5-7(13)6-9(14(16)17)10(8)19-11(15)18-4/h5-6H,1-4H3. The lowest BCUT2D eigenvalue weighted by Gasteiger charge is -2.21. The van der Waals surface area contributed by atoms with Crippen LogP contribution in [-0.4, -0.2) is 18.2 Å². The largest absolute Gasteiger partial charge is 0.513 e. The van der Waals surface area contributed by atoms with Crippen LogP contribution in [0.5, 0.6) is 5.75 Å². The molecule has 0 radical (unpaired) electrons. The van der Waals surface area contributed by atoms with Gasteiger partial charge in [-0.2, -0.15) is 0 Å². The fraction of sp³-hybridized carbons (Fsp3) is 0.417. The van der Waals surface area contributed by atoms with E-state index in [2.05, 4.69) is 4.74 Å². The summed E-state index contributed by atoms with van der Waals surface area (Å²) in [7, 11) is 1.08. The number of nitro benzene ring substituents is 1. The van der Waals surface area contributed by atoms with Gasteiger partial charge >= 0.3 is 11.8 Å². The van der Waals surface area contributed by atoms with E-state index in [0.29, 0.717) is 6.07 Å². The van der Waals surface area contributed by atoms with Gasteiger partial charge in [-0.25, -0.2) is 9.18 Å². The number of halogens is 1. The summed E-state index contributed by atoms with van der Waals surface area (Å²) < 4.78 is 22.5. The van der Waals surface area contributed by atoms with Gasteiger partial charge in [-0.15, -0.1) is 0 Å². The monoisotopic (exact) mass is 271 g/mol. The summed E-state index contributed by atoms with van der Waals surface area (Å²) in [5, 5.41) is 10.9. The van der Waals surface area contributed by atoms with Crippen LogP contribution in [0.1, 0.15) is 26.3 Å². The number of nitrogens with zero attached hydrogens (tertiary/aromatic N) is 1. The molecule has 0 aliphatic rings. The molecule has 0 aliphatic heterocycles. The number of rotatable bonds is 2. The van der Waals surface area contributed by atoms with Gasteiger partial charge < -0.3 is 9.47 Å². The third kappa shape index (κ3) is 3.40. The van der Waals surface area contributed by atoms with Crippen LogP contribution in [0.4, 0.5) is 14.9 Å². The summed E-state index contributed by atoms with van der Waals surface area (Å²) in [6, 6.07) is 1.80. The van der Waals surface area contributed by atoms with Crippen molar-refractivity contribution in [3.63, 3.8) is 0 Å².